The van der Waals surface area contributed by atoms with Crippen molar-refractivity contribution in [1.82, 2.24) is 5.32 Å². The molecule has 0 radical (unpaired) electrons. The van der Waals surface area contributed by atoms with Crippen molar-refractivity contribution >= 4 is 5.91 Å². The molecule has 2 aromatic carbocycles. The topological polar surface area (TPSA) is 33.5 Å². The monoisotopic (exact) mass is 379 g/mol. The Morgan fingerprint density at radius 3 is 2.30 bits per heavy atom. The standard InChI is InChI=1S/C21H25F3N2O/c1-3-26(4-2)19(17-10-6-5-7-11-17)15-25-20(27)14-16-9-8-12-18(13-16)21(22,23)24/h5-13,19H,3-4,14-15H2,1-2H3,(H,25,27)/p+1/t19-/m1/s1. The largest absolute Gasteiger partial charge is 0.416 e. The average Bonchev–Trinajstić information content (AvgIpc) is 2.65. The molecule has 0 aliphatic carbocycles. The number of carbonyl (C=O) groups excluding carboxylic acids is 1. The SMILES string of the molecule is CC[NH+](CC)[C@H](CNC(=O)Cc1cccc(C(F)(F)F)c1)c1ccccc1. The van der Waals surface area contributed by atoms with Crippen LogP contribution in [0.4, 0.5) is 13.2 Å². The van der Waals surface area contributed by atoms with Crippen LogP contribution in [-0.2, 0) is 17.4 Å². The van der Waals surface area contributed by atoms with Crippen LogP contribution < -0.4 is 10.2 Å². The fourth-order valence-corrected chi connectivity index (χ4v) is 3.25. The summed E-state index contributed by atoms with van der Waals surface area (Å²) in [6.07, 6.45) is -4.48. The molecule has 0 bridgehead atoms. The molecule has 0 fully saturated rings. The van der Waals surface area contributed by atoms with Gasteiger partial charge in [-0.2, -0.15) is 13.2 Å². The lowest BCUT2D eigenvalue weighted by Crippen LogP contribution is -3.12. The van der Waals surface area contributed by atoms with Crippen molar-refractivity contribution in [3.8, 4) is 0 Å². The van der Waals surface area contributed by atoms with Crippen molar-refractivity contribution in [2.75, 3.05) is 19.6 Å². The van der Waals surface area contributed by atoms with Gasteiger partial charge in [-0.05, 0) is 25.5 Å². The molecule has 6 heteroatoms. The van der Waals surface area contributed by atoms with Crippen LogP contribution in [0.1, 0.15) is 36.6 Å². The van der Waals surface area contributed by atoms with E-state index in [0.717, 1.165) is 30.8 Å². The fraction of sp³-hybridized carbons (Fsp3) is 0.381. The van der Waals surface area contributed by atoms with Gasteiger partial charge >= 0.3 is 6.18 Å². The summed E-state index contributed by atoms with van der Waals surface area (Å²) in [4.78, 5) is 13.6. The molecule has 0 aliphatic heterocycles. The third-order valence-corrected chi connectivity index (χ3v) is 4.73. The van der Waals surface area contributed by atoms with Gasteiger partial charge in [0, 0.05) is 5.56 Å². The molecule has 0 heterocycles. The van der Waals surface area contributed by atoms with Gasteiger partial charge in [0.2, 0.25) is 5.91 Å². The molecule has 0 spiro atoms. The Morgan fingerprint density at radius 1 is 1.04 bits per heavy atom. The first-order chi connectivity index (χ1) is 12.8. The molecule has 0 aliphatic rings. The minimum Gasteiger partial charge on any atom is -0.349 e. The smallest absolute Gasteiger partial charge is 0.349 e. The summed E-state index contributed by atoms with van der Waals surface area (Å²) in [6, 6.07) is 15.0. The summed E-state index contributed by atoms with van der Waals surface area (Å²) >= 11 is 0. The molecule has 2 aromatic rings. The van der Waals surface area contributed by atoms with E-state index < -0.39 is 11.7 Å². The van der Waals surface area contributed by atoms with Crippen LogP contribution in [0, 0.1) is 0 Å². The molecular weight excluding hydrogens is 353 g/mol. The molecule has 0 aromatic heterocycles. The number of hydrogen-bond acceptors (Lipinski definition) is 1. The van der Waals surface area contributed by atoms with E-state index in [4.69, 9.17) is 0 Å². The first-order valence-electron chi connectivity index (χ1n) is 9.17. The predicted octanol–water partition coefficient (Wildman–Crippen LogP) is 3.03. The van der Waals surface area contributed by atoms with Gasteiger partial charge in [0.05, 0.1) is 31.6 Å². The second kappa shape index (κ2) is 9.55. The molecule has 0 saturated heterocycles. The van der Waals surface area contributed by atoms with Crippen LogP contribution in [0.5, 0.6) is 0 Å². The van der Waals surface area contributed by atoms with Crippen molar-refractivity contribution in [2.24, 2.45) is 0 Å². The van der Waals surface area contributed by atoms with Gasteiger partial charge in [0.15, 0.2) is 0 Å². The summed E-state index contributed by atoms with van der Waals surface area (Å²) in [5.74, 6) is -0.276. The number of rotatable bonds is 8. The van der Waals surface area contributed by atoms with Gasteiger partial charge in [-0.15, -0.1) is 0 Å². The van der Waals surface area contributed by atoms with Crippen molar-refractivity contribution in [3.63, 3.8) is 0 Å². The number of likely N-dealkylation sites (N-methyl/N-ethyl adjacent to an activating group) is 1. The van der Waals surface area contributed by atoms with Crippen LogP contribution in [0.25, 0.3) is 0 Å². The first kappa shape index (κ1) is 21.0. The van der Waals surface area contributed by atoms with Crippen molar-refractivity contribution in [3.05, 3.63) is 71.3 Å². The summed E-state index contributed by atoms with van der Waals surface area (Å²) in [5.41, 5.74) is 0.756. The van der Waals surface area contributed by atoms with E-state index in [1.54, 1.807) is 6.07 Å². The quantitative estimate of drug-likeness (QED) is 0.726. The number of quaternary nitrogens is 1. The predicted molar refractivity (Wildman–Crippen MR) is 99.4 cm³/mol. The number of nitrogens with one attached hydrogen (secondary N) is 2. The third-order valence-electron chi connectivity index (χ3n) is 4.73. The lowest BCUT2D eigenvalue weighted by atomic mass is 10.0. The second-order valence-electron chi connectivity index (χ2n) is 6.51. The van der Waals surface area contributed by atoms with Crippen molar-refractivity contribution in [2.45, 2.75) is 32.5 Å². The molecule has 3 nitrogen and oxygen atoms in total. The van der Waals surface area contributed by atoms with E-state index in [-0.39, 0.29) is 18.4 Å². The van der Waals surface area contributed by atoms with Gasteiger partial charge in [0.1, 0.15) is 6.04 Å². The van der Waals surface area contributed by atoms with E-state index >= 15 is 0 Å². The maximum atomic E-state index is 12.8. The molecule has 27 heavy (non-hydrogen) atoms. The third kappa shape index (κ3) is 6.10. The maximum Gasteiger partial charge on any atom is 0.416 e. The highest BCUT2D eigenvalue weighted by Gasteiger charge is 2.30. The molecule has 146 valence electrons. The molecule has 0 unspecified atom stereocenters. The minimum absolute atomic E-state index is 0.0704. The van der Waals surface area contributed by atoms with Gasteiger partial charge in [-0.25, -0.2) is 0 Å². The number of hydrogen-bond donors (Lipinski definition) is 2. The first-order valence-corrected chi connectivity index (χ1v) is 9.17. The van der Waals surface area contributed by atoms with E-state index in [9.17, 15) is 18.0 Å². The summed E-state index contributed by atoms with van der Waals surface area (Å²) in [5, 5.41) is 2.90. The maximum absolute atomic E-state index is 12.8. The Balaban J connectivity index is 2.04. The van der Waals surface area contributed by atoms with Crippen molar-refractivity contribution < 1.29 is 22.9 Å². The van der Waals surface area contributed by atoms with E-state index in [0.29, 0.717) is 12.1 Å². The zero-order chi connectivity index (χ0) is 19.9. The molecule has 1 atom stereocenters. The van der Waals surface area contributed by atoms with E-state index in [1.807, 2.05) is 30.3 Å². The molecular formula is C21H26F3N2O+. The van der Waals surface area contributed by atoms with Crippen LogP contribution in [-0.4, -0.2) is 25.5 Å². The highest BCUT2D eigenvalue weighted by Crippen LogP contribution is 2.29. The highest BCUT2D eigenvalue weighted by molar-refractivity contribution is 5.78. The summed E-state index contributed by atoms with van der Waals surface area (Å²) < 4.78 is 38.4. The number of alkyl halides is 3. The Hall–Kier alpha value is -2.34. The molecule has 0 saturated carbocycles. The van der Waals surface area contributed by atoms with Crippen LogP contribution in [0.15, 0.2) is 54.6 Å². The summed E-state index contributed by atoms with van der Waals surface area (Å²) in [6.45, 7) is 6.47. The van der Waals surface area contributed by atoms with Crippen LogP contribution in [0.2, 0.25) is 0 Å². The fourth-order valence-electron chi connectivity index (χ4n) is 3.25. The van der Waals surface area contributed by atoms with Gasteiger partial charge in [-0.1, -0.05) is 48.5 Å². The minimum atomic E-state index is -4.41. The summed E-state index contributed by atoms with van der Waals surface area (Å²) in [7, 11) is 0. The average molecular weight is 379 g/mol. The van der Waals surface area contributed by atoms with E-state index in [2.05, 4.69) is 19.2 Å². The highest BCUT2D eigenvalue weighted by atomic mass is 19.4. The lowest BCUT2D eigenvalue weighted by molar-refractivity contribution is -0.927. The normalized spacial score (nSPS) is 12.8. The van der Waals surface area contributed by atoms with Gasteiger partial charge < -0.3 is 10.2 Å². The molecule has 1 amide bonds. The Kier molecular flexibility index (Phi) is 7.42. The zero-order valence-corrected chi connectivity index (χ0v) is 15.6. The Labute approximate surface area is 158 Å². The van der Waals surface area contributed by atoms with Crippen LogP contribution >= 0.6 is 0 Å². The second-order valence-corrected chi connectivity index (χ2v) is 6.51. The van der Waals surface area contributed by atoms with Crippen LogP contribution in [0.3, 0.4) is 0 Å². The Morgan fingerprint density at radius 2 is 1.70 bits per heavy atom. The molecule has 2 rings (SSSR count). The number of benzene rings is 2. The van der Waals surface area contributed by atoms with Crippen molar-refractivity contribution in [1.29, 1.82) is 0 Å². The van der Waals surface area contributed by atoms with E-state index in [1.165, 1.54) is 11.0 Å². The number of amides is 1. The van der Waals surface area contributed by atoms with Gasteiger partial charge in [-0.3, -0.25) is 4.79 Å². The number of carbonyl (C=O) groups is 1. The Bertz CT molecular complexity index is 728. The molecule has 2 N–H and O–H groups in total. The number of halogens is 3. The van der Waals surface area contributed by atoms with Gasteiger partial charge in [0.25, 0.3) is 0 Å². The lowest BCUT2D eigenvalue weighted by Gasteiger charge is -2.27. The zero-order valence-electron chi connectivity index (χ0n) is 15.6.